The Morgan fingerprint density at radius 3 is 2.40 bits per heavy atom. The number of thioether (sulfide) groups is 1. The van der Waals surface area contributed by atoms with Gasteiger partial charge in [0.25, 0.3) is 5.91 Å². The van der Waals surface area contributed by atoms with E-state index in [4.69, 9.17) is 16.3 Å². The summed E-state index contributed by atoms with van der Waals surface area (Å²) in [4.78, 5) is 27.9. The first-order chi connectivity index (χ1) is 20.7. The number of anilines is 2. The third-order valence-corrected chi connectivity index (χ3v) is 8.54. The van der Waals surface area contributed by atoms with Gasteiger partial charge in [-0.25, -0.2) is 9.97 Å². The largest absolute Gasteiger partial charge is 0.416 e. The molecule has 230 valence electrons. The minimum atomic E-state index is -4.37. The number of halogens is 4. The van der Waals surface area contributed by atoms with E-state index < -0.39 is 11.7 Å². The summed E-state index contributed by atoms with van der Waals surface area (Å²) in [6, 6.07) is 14.6. The molecule has 1 aromatic heterocycles. The maximum atomic E-state index is 13.1. The number of carbonyl (C=O) groups excluding carboxylic acids is 1. The Hall–Kier alpha value is -3.06. The number of piperazine rings is 1. The SMILES string of the molecule is O=C(NCCCN1CCOCC1)c1ccc(CSc2nc(Cl)cc(N3CCN(c4cccc(C(F)(F)F)c4)CC3)n2)cc1. The number of nitrogens with one attached hydrogen (secondary N) is 1. The first-order valence-electron chi connectivity index (χ1n) is 14.3. The molecule has 0 spiro atoms. The van der Waals surface area contributed by atoms with Gasteiger partial charge < -0.3 is 19.9 Å². The van der Waals surface area contributed by atoms with E-state index in [1.807, 2.05) is 29.2 Å². The van der Waals surface area contributed by atoms with Crippen LogP contribution >= 0.6 is 23.4 Å². The van der Waals surface area contributed by atoms with Crippen LogP contribution in [0.4, 0.5) is 24.7 Å². The van der Waals surface area contributed by atoms with E-state index in [0.29, 0.717) is 65.9 Å². The Kier molecular flexibility index (Phi) is 10.7. The average Bonchev–Trinajstić information content (AvgIpc) is 3.02. The van der Waals surface area contributed by atoms with Gasteiger partial charge in [-0.3, -0.25) is 9.69 Å². The number of amides is 1. The molecule has 2 aromatic carbocycles. The predicted octanol–water partition coefficient (Wildman–Crippen LogP) is 5.22. The normalized spacial score (nSPS) is 16.4. The Morgan fingerprint density at radius 2 is 1.67 bits per heavy atom. The molecule has 5 rings (SSSR count). The third-order valence-electron chi connectivity index (χ3n) is 7.43. The molecule has 0 aliphatic carbocycles. The second kappa shape index (κ2) is 14.6. The van der Waals surface area contributed by atoms with Gasteiger partial charge in [0.05, 0.1) is 18.8 Å². The van der Waals surface area contributed by atoms with E-state index in [1.165, 1.54) is 23.9 Å². The van der Waals surface area contributed by atoms with E-state index in [1.54, 1.807) is 12.1 Å². The van der Waals surface area contributed by atoms with Crippen LogP contribution in [0.5, 0.6) is 0 Å². The van der Waals surface area contributed by atoms with Crippen LogP contribution in [0.25, 0.3) is 0 Å². The number of morpholine rings is 1. The highest BCUT2D eigenvalue weighted by molar-refractivity contribution is 7.98. The number of hydrogen-bond acceptors (Lipinski definition) is 8. The van der Waals surface area contributed by atoms with E-state index in [9.17, 15) is 18.0 Å². The molecule has 3 aromatic rings. The van der Waals surface area contributed by atoms with Crippen LogP contribution in [0.3, 0.4) is 0 Å². The van der Waals surface area contributed by atoms with Crippen molar-refractivity contribution in [2.24, 2.45) is 0 Å². The Bertz CT molecular complexity index is 1370. The maximum Gasteiger partial charge on any atom is 0.416 e. The fraction of sp³-hybridized carbons (Fsp3) is 0.433. The van der Waals surface area contributed by atoms with Gasteiger partial charge in [-0.1, -0.05) is 41.6 Å². The number of carbonyl (C=O) groups is 1. The first kappa shape index (κ1) is 31.4. The molecule has 0 radical (unpaired) electrons. The summed E-state index contributed by atoms with van der Waals surface area (Å²) >= 11 is 7.77. The van der Waals surface area contributed by atoms with Gasteiger partial charge in [0, 0.05) is 68.9 Å². The van der Waals surface area contributed by atoms with Crippen molar-refractivity contribution in [3.05, 3.63) is 76.4 Å². The molecule has 3 heterocycles. The van der Waals surface area contributed by atoms with Crippen LogP contribution in [0.1, 0.15) is 27.9 Å². The number of benzene rings is 2. The lowest BCUT2D eigenvalue weighted by atomic mass is 10.1. The quantitative estimate of drug-likeness (QED) is 0.141. The molecule has 13 heteroatoms. The van der Waals surface area contributed by atoms with E-state index in [0.717, 1.165) is 50.9 Å². The zero-order valence-corrected chi connectivity index (χ0v) is 25.2. The van der Waals surface area contributed by atoms with Crippen LogP contribution in [-0.2, 0) is 16.7 Å². The van der Waals surface area contributed by atoms with Crippen LogP contribution in [0.2, 0.25) is 5.15 Å². The standard InChI is InChI=1S/C30H34ClF3N6O2S/c31-26-20-27(40-13-11-39(12-14-40)25-4-1-3-24(19-25)30(32,33)34)37-29(36-26)43-21-22-5-7-23(8-6-22)28(41)35-9-2-10-38-15-17-42-18-16-38/h1,3-8,19-20H,2,9-18,21H2,(H,35,41). The van der Waals surface area contributed by atoms with Crippen molar-refractivity contribution in [2.45, 2.75) is 23.5 Å². The van der Waals surface area contributed by atoms with Crippen LogP contribution in [-0.4, -0.2) is 86.3 Å². The van der Waals surface area contributed by atoms with Gasteiger partial charge in [0.1, 0.15) is 11.0 Å². The molecule has 0 unspecified atom stereocenters. The Labute approximate surface area is 258 Å². The van der Waals surface area contributed by atoms with Gasteiger partial charge in [-0.15, -0.1) is 0 Å². The molecule has 8 nitrogen and oxygen atoms in total. The monoisotopic (exact) mass is 634 g/mol. The topological polar surface area (TPSA) is 73.8 Å². The summed E-state index contributed by atoms with van der Waals surface area (Å²) < 4.78 is 44.8. The number of hydrogen-bond donors (Lipinski definition) is 1. The lowest BCUT2D eigenvalue weighted by Crippen LogP contribution is -2.47. The summed E-state index contributed by atoms with van der Waals surface area (Å²) in [5.74, 6) is 1.20. The van der Waals surface area contributed by atoms with Gasteiger partial charge in [0.2, 0.25) is 0 Å². The molecule has 2 saturated heterocycles. The molecule has 2 aliphatic heterocycles. The highest BCUT2D eigenvalue weighted by Gasteiger charge is 2.31. The Balaban J connectivity index is 1.09. The van der Waals surface area contributed by atoms with Crippen LogP contribution < -0.4 is 15.1 Å². The molecule has 2 aliphatic rings. The summed E-state index contributed by atoms with van der Waals surface area (Å²) in [5, 5.41) is 3.85. The minimum absolute atomic E-state index is 0.0860. The van der Waals surface area contributed by atoms with E-state index >= 15 is 0 Å². The fourth-order valence-electron chi connectivity index (χ4n) is 5.02. The van der Waals surface area contributed by atoms with Crippen molar-refractivity contribution in [1.82, 2.24) is 20.2 Å². The molecule has 43 heavy (non-hydrogen) atoms. The molecule has 0 saturated carbocycles. The van der Waals surface area contributed by atoms with Crippen LogP contribution in [0, 0.1) is 0 Å². The fourth-order valence-corrected chi connectivity index (χ4v) is 6.05. The van der Waals surface area contributed by atoms with Crippen molar-refractivity contribution in [2.75, 3.05) is 75.4 Å². The molecule has 1 N–H and O–H groups in total. The molecule has 0 atom stereocenters. The lowest BCUT2D eigenvalue weighted by molar-refractivity contribution is -0.137. The zero-order valence-electron chi connectivity index (χ0n) is 23.7. The second-order valence-electron chi connectivity index (χ2n) is 10.4. The molecule has 2 fully saturated rings. The van der Waals surface area contributed by atoms with Crippen molar-refractivity contribution < 1.29 is 22.7 Å². The van der Waals surface area contributed by atoms with E-state index in [-0.39, 0.29) is 5.91 Å². The summed E-state index contributed by atoms with van der Waals surface area (Å²) in [5.41, 5.74) is 1.54. The smallest absolute Gasteiger partial charge is 0.379 e. The molecular formula is C30H34ClF3N6O2S. The zero-order chi connectivity index (χ0) is 30.2. The summed E-state index contributed by atoms with van der Waals surface area (Å²) in [6.07, 6.45) is -3.48. The maximum absolute atomic E-state index is 13.1. The van der Waals surface area contributed by atoms with Crippen molar-refractivity contribution >= 4 is 40.8 Å². The number of nitrogens with zero attached hydrogens (tertiary/aromatic N) is 5. The second-order valence-corrected chi connectivity index (χ2v) is 11.7. The van der Waals surface area contributed by atoms with E-state index in [2.05, 4.69) is 25.1 Å². The number of rotatable bonds is 10. The highest BCUT2D eigenvalue weighted by atomic mass is 35.5. The van der Waals surface area contributed by atoms with Crippen molar-refractivity contribution in [3.63, 3.8) is 0 Å². The third kappa shape index (κ3) is 8.98. The number of alkyl halides is 3. The molecule has 0 bridgehead atoms. The average molecular weight is 635 g/mol. The molecular weight excluding hydrogens is 601 g/mol. The Morgan fingerprint density at radius 1 is 0.953 bits per heavy atom. The lowest BCUT2D eigenvalue weighted by Gasteiger charge is -2.37. The van der Waals surface area contributed by atoms with Gasteiger partial charge in [-0.05, 0) is 48.9 Å². The number of aromatic nitrogens is 2. The first-order valence-corrected chi connectivity index (χ1v) is 15.6. The molecule has 1 amide bonds. The predicted molar refractivity (Wildman–Crippen MR) is 163 cm³/mol. The number of ether oxygens (including phenoxy) is 1. The van der Waals surface area contributed by atoms with Gasteiger partial charge >= 0.3 is 6.18 Å². The van der Waals surface area contributed by atoms with Crippen LogP contribution in [0.15, 0.2) is 59.8 Å². The van der Waals surface area contributed by atoms with Gasteiger partial charge in [0.15, 0.2) is 5.16 Å². The minimum Gasteiger partial charge on any atom is -0.379 e. The van der Waals surface area contributed by atoms with Crippen molar-refractivity contribution in [3.8, 4) is 0 Å². The van der Waals surface area contributed by atoms with Crippen molar-refractivity contribution in [1.29, 1.82) is 0 Å². The highest BCUT2D eigenvalue weighted by Crippen LogP contribution is 2.32. The summed E-state index contributed by atoms with van der Waals surface area (Å²) in [7, 11) is 0. The summed E-state index contributed by atoms with van der Waals surface area (Å²) in [6.45, 7) is 7.29. The van der Waals surface area contributed by atoms with Gasteiger partial charge in [-0.2, -0.15) is 13.2 Å².